The van der Waals surface area contributed by atoms with Crippen LogP contribution in [-0.2, 0) is 10.0 Å². The highest BCUT2D eigenvalue weighted by atomic mass is 32.2. The molecule has 0 bridgehead atoms. The van der Waals surface area contributed by atoms with Gasteiger partial charge < -0.3 is 4.90 Å². The van der Waals surface area contributed by atoms with E-state index < -0.39 is 10.0 Å². The van der Waals surface area contributed by atoms with E-state index in [1.165, 1.54) is 0 Å². The van der Waals surface area contributed by atoms with Crippen LogP contribution >= 0.6 is 0 Å². The Bertz CT molecular complexity index is 361. The molecular weight excluding hydrogens is 226 g/mol. The summed E-state index contributed by atoms with van der Waals surface area (Å²) in [5.41, 5.74) is 0. The van der Waals surface area contributed by atoms with Gasteiger partial charge in [-0.15, -0.1) is 0 Å². The summed E-state index contributed by atoms with van der Waals surface area (Å²) < 4.78 is 26.1. The first kappa shape index (κ1) is 13.4. The number of sulfonamides is 1. The number of nitriles is 1. The molecule has 1 N–H and O–H groups in total. The minimum atomic E-state index is -3.22. The van der Waals surface area contributed by atoms with E-state index in [2.05, 4.69) is 9.62 Å². The standard InChI is InChI=1S/C10H19N3O2S/c1-9-7-13(2)8-10(9)12-16(14,15)6-4-3-5-11/h9-10,12H,3-4,6-8H2,1-2H3/t9-,10-/m1/s1. The molecule has 0 aliphatic carbocycles. The normalized spacial score (nSPS) is 26.8. The lowest BCUT2D eigenvalue weighted by Gasteiger charge is -2.16. The Morgan fingerprint density at radius 2 is 2.19 bits per heavy atom. The Kier molecular flexibility index (Phi) is 4.71. The van der Waals surface area contributed by atoms with E-state index in [1.54, 1.807) is 0 Å². The zero-order valence-corrected chi connectivity index (χ0v) is 10.6. The monoisotopic (exact) mass is 245 g/mol. The van der Waals surface area contributed by atoms with Gasteiger partial charge in [0.15, 0.2) is 0 Å². The zero-order chi connectivity index (χ0) is 12.2. The molecule has 1 aliphatic rings. The summed E-state index contributed by atoms with van der Waals surface area (Å²) in [5.74, 6) is 0.392. The van der Waals surface area contributed by atoms with Crippen LogP contribution in [0, 0.1) is 17.2 Å². The Morgan fingerprint density at radius 1 is 1.50 bits per heavy atom. The maximum Gasteiger partial charge on any atom is 0.211 e. The number of likely N-dealkylation sites (tertiary alicyclic amines) is 1. The first-order valence-electron chi connectivity index (χ1n) is 5.50. The van der Waals surface area contributed by atoms with Crippen molar-refractivity contribution in [3.8, 4) is 6.07 Å². The predicted molar refractivity (Wildman–Crippen MR) is 62.2 cm³/mol. The highest BCUT2D eigenvalue weighted by Gasteiger charge is 2.30. The lowest BCUT2D eigenvalue weighted by atomic mass is 10.1. The molecule has 0 saturated carbocycles. The smallest absolute Gasteiger partial charge is 0.211 e. The number of nitrogens with zero attached hydrogens (tertiary/aromatic N) is 2. The summed E-state index contributed by atoms with van der Waals surface area (Å²) in [5, 5.41) is 8.35. The molecular formula is C10H19N3O2S. The van der Waals surface area contributed by atoms with Crippen molar-refractivity contribution in [1.29, 1.82) is 5.26 Å². The van der Waals surface area contributed by atoms with Gasteiger partial charge in [-0.1, -0.05) is 6.92 Å². The van der Waals surface area contributed by atoms with E-state index in [0.29, 0.717) is 18.8 Å². The lowest BCUT2D eigenvalue weighted by molar-refractivity contribution is 0.400. The number of hydrogen-bond acceptors (Lipinski definition) is 4. The minimum Gasteiger partial charge on any atom is -0.304 e. The topological polar surface area (TPSA) is 73.2 Å². The maximum absolute atomic E-state index is 11.7. The molecule has 5 nitrogen and oxygen atoms in total. The molecule has 0 aromatic carbocycles. The first-order chi connectivity index (χ1) is 7.44. The second-order valence-electron chi connectivity index (χ2n) is 4.50. The third kappa shape index (κ3) is 4.08. The molecule has 0 aromatic rings. The summed E-state index contributed by atoms with van der Waals surface area (Å²) in [4.78, 5) is 2.12. The van der Waals surface area contributed by atoms with Crippen LogP contribution in [0.2, 0.25) is 0 Å². The van der Waals surface area contributed by atoms with Crippen LogP contribution in [0.15, 0.2) is 0 Å². The van der Waals surface area contributed by atoms with Crippen molar-refractivity contribution in [2.45, 2.75) is 25.8 Å². The fraction of sp³-hybridized carbons (Fsp3) is 0.900. The van der Waals surface area contributed by atoms with Crippen LogP contribution in [-0.4, -0.2) is 45.2 Å². The largest absolute Gasteiger partial charge is 0.304 e. The van der Waals surface area contributed by atoms with E-state index >= 15 is 0 Å². The van der Waals surface area contributed by atoms with Gasteiger partial charge in [-0.3, -0.25) is 0 Å². The second-order valence-corrected chi connectivity index (χ2v) is 6.38. The van der Waals surface area contributed by atoms with Crippen LogP contribution in [0.25, 0.3) is 0 Å². The van der Waals surface area contributed by atoms with Gasteiger partial charge in [0.05, 0.1) is 11.8 Å². The lowest BCUT2D eigenvalue weighted by Crippen LogP contribution is -2.40. The minimum absolute atomic E-state index is 0.0112. The van der Waals surface area contributed by atoms with Crippen molar-refractivity contribution < 1.29 is 8.42 Å². The molecule has 0 radical (unpaired) electrons. The summed E-state index contributed by atoms with van der Waals surface area (Å²) in [6, 6.07) is 1.96. The van der Waals surface area contributed by atoms with Crippen molar-refractivity contribution in [2.75, 3.05) is 25.9 Å². The SMILES string of the molecule is C[C@@H]1CN(C)C[C@H]1NS(=O)(=O)CCCC#N. The number of likely N-dealkylation sites (N-methyl/N-ethyl adjacent to an activating group) is 1. The van der Waals surface area contributed by atoms with Crippen molar-refractivity contribution >= 4 is 10.0 Å². The van der Waals surface area contributed by atoms with Crippen LogP contribution < -0.4 is 4.72 Å². The van der Waals surface area contributed by atoms with Gasteiger partial charge in [0, 0.05) is 25.6 Å². The zero-order valence-electron chi connectivity index (χ0n) is 9.81. The van der Waals surface area contributed by atoms with Crippen LogP contribution in [0.4, 0.5) is 0 Å². The van der Waals surface area contributed by atoms with Crippen LogP contribution in [0.1, 0.15) is 19.8 Å². The van der Waals surface area contributed by atoms with Gasteiger partial charge in [-0.25, -0.2) is 13.1 Å². The Hall–Kier alpha value is -0.640. The maximum atomic E-state index is 11.7. The molecule has 1 heterocycles. The van der Waals surface area contributed by atoms with E-state index in [9.17, 15) is 8.42 Å². The molecule has 16 heavy (non-hydrogen) atoms. The van der Waals surface area contributed by atoms with Gasteiger partial charge in [0.1, 0.15) is 0 Å². The Morgan fingerprint density at radius 3 is 2.69 bits per heavy atom. The number of nitrogens with one attached hydrogen (secondary N) is 1. The van der Waals surface area contributed by atoms with Crippen LogP contribution in [0.3, 0.4) is 0 Å². The summed E-state index contributed by atoms with van der Waals surface area (Å²) in [6.07, 6.45) is 0.698. The molecule has 0 amide bonds. The molecule has 1 aliphatic heterocycles. The third-order valence-electron chi connectivity index (χ3n) is 2.83. The Labute approximate surface area is 97.5 Å². The molecule has 0 unspecified atom stereocenters. The molecule has 92 valence electrons. The summed E-state index contributed by atoms with van der Waals surface area (Å²) >= 11 is 0. The highest BCUT2D eigenvalue weighted by molar-refractivity contribution is 7.89. The van der Waals surface area contributed by atoms with Gasteiger partial charge >= 0.3 is 0 Å². The molecule has 0 aromatic heterocycles. The van der Waals surface area contributed by atoms with Gasteiger partial charge in [-0.05, 0) is 19.4 Å². The quantitative estimate of drug-likeness (QED) is 0.700. The van der Waals surface area contributed by atoms with Gasteiger partial charge in [0.2, 0.25) is 10.0 Å². The molecule has 1 saturated heterocycles. The average Bonchev–Trinajstić information content (AvgIpc) is 2.44. The fourth-order valence-electron chi connectivity index (χ4n) is 1.99. The van der Waals surface area contributed by atoms with E-state index in [4.69, 9.17) is 5.26 Å². The fourth-order valence-corrected chi connectivity index (χ4v) is 3.40. The second kappa shape index (κ2) is 5.62. The summed E-state index contributed by atoms with van der Waals surface area (Å²) in [6.45, 7) is 3.73. The van der Waals surface area contributed by atoms with Crippen molar-refractivity contribution in [1.82, 2.24) is 9.62 Å². The predicted octanol–water partition coefficient (Wildman–Crippen LogP) is 0.160. The number of unbranched alkanes of at least 4 members (excludes halogenated alkanes) is 1. The highest BCUT2D eigenvalue weighted by Crippen LogP contribution is 2.15. The van der Waals surface area contributed by atoms with Crippen molar-refractivity contribution in [3.63, 3.8) is 0 Å². The number of hydrogen-bond donors (Lipinski definition) is 1. The van der Waals surface area contributed by atoms with Crippen molar-refractivity contribution in [3.05, 3.63) is 0 Å². The Balaban J connectivity index is 2.44. The van der Waals surface area contributed by atoms with Gasteiger partial charge in [-0.2, -0.15) is 5.26 Å². The van der Waals surface area contributed by atoms with E-state index in [-0.39, 0.29) is 11.8 Å². The molecule has 0 spiro atoms. The molecule has 2 atom stereocenters. The van der Waals surface area contributed by atoms with E-state index in [0.717, 1.165) is 13.1 Å². The van der Waals surface area contributed by atoms with Crippen LogP contribution in [0.5, 0.6) is 0 Å². The average molecular weight is 245 g/mol. The third-order valence-corrected chi connectivity index (χ3v) is 4.32. The summed E-state index contributed by atoms with van der Waals surface area (Å²) in [7, 11) is -1.23. The molecule has 1 rings (SSSR count). The van der Waals surface area contributed by atoms with E-state index in [1.807, 2.05) is 20.0 Å². The first-order valence-corrected chi connectivity index (χ1v) is 7.15. The molecule has 1 fully saturated rings. The molecule has 6 heteroatoms. The van der Waals surface area contributed by atoms with Gasteiger partial charge in [0.25, 0.3) is 0 Å². The number of rotatable bonds is 5. The van der Waals surface area contributed by atoms with Crippen molar-refractivity contribution in [2.24, 2.45) is 5.92 Å².